The van der Waals surface area contributed by atoms with Crippen LogP contribution >= 0.6 is 0 Å². The number of aliphatic hydroxyl groups excluding tert-OH is 1. The van der Waals surface area contributed by atoms with Crippen LogP contribution in [0.4, 0.5) is 0 Å². The lowest BCUT2D eigenvalue weighted by molar-refractivity contribution is -0.126. The summed E-state index contributed by atoms with van der Waals surface area (Å²) in [5.41, 5.74) is 7.47. The number of hydrogen-bond acceptors (Lipinski definition) is 4. The Hall–Kier alpha value is -2.34. The number of ether oxygens (including phenoxy) is 1. The molecule has 1 saturated carbocycles. The number of carbonyl (C=O) groups excluding carboxylic acids is 2. The average molecular weight is 627 g/mol. The molecule has 6 unspecified atom stereocenters. The van der Waals surface area contributed by atoms with Gasteiger partial charge in [-0.25, -0.2) is 0 Å². The molecule has 0 radical (unpaired) electrons. The first-order valence-electron chi connectivity index (χ1n) is 18.2. The number of allylic oxidation sites excluding steroid dienone is 1. The van der Waals surface area contributed by atoms with Gasteiger partial charge < -0.3 is 20.9 Å². The van der Waals surface area contributed by atoms with E-state index >= 15 is 0 Å². The summed E-state index contributed by atoms with van der Waals surface area (Å²) in [5.74, 6) is 1.93. The zero-order chi connectivity index (χ0) is 33.0. The predicted molar refractivity (Wildman–Crippen MR) is 187 cm³/mol. The maximum absolute atomic E-state index is 12.8. The van der Waals surface area contributed by atoms with Gasteiger partial charge in [-0.05, 0) is 114 Å². The van der Waals surface area contributed by atoms with Gasteiger partial charge in [0.1, 0.15) is 0 Å². The maximum atomic E-state index is 12.8. The van der Waals surface area contributed by atoms with E-state index in [-0.39, 0.29) is 41.6 Å². The largest absolute Gasteiger partial charge is 0.513 e. The van der Waals surface area contributed by atoms with Crippen molar-refractivity contribution >= 4 is 11.8 Å². The van der Waals surface area contributed by atoms with Crippen molar-refractivity contribution < 1.29 is 19.4 Å². The molecule has 0 bridgehead atoms. The first-order valence-corrected chi connectivity index (χ1v) is 18.2. The number of aliphatic hydroxyl groups is 1. The van der Waals surface area contributed by atoms with Crippen molar-refractivity contribution in [2.75, 3.05) is 6.61 Å². The van der Waals surface area contributed by atoms with Crippen LogP contribution in [0.15, 0.2) is 42.7 Å². The van der Waals surface area contributed by atoms with Gasteiger partial charge in [-0.3, -0.25) is 9.59 Å². The van der Waals surface area contributed by atoms with Crippen molar-refractivity contribution in [2.24, 2.45) is 35.3 Å². The van der Waals surface area contributed by atoms with E-state index in [1.165, 1.54) is 37.7 Å². The second kappa shape index (κ2) is 22.2. The van der Waals surface area contributed by atoms with Crippen LogP contribution < -0.4 is 11.1 Å². The normalized spacial score (nSPS) is 21.4. The molecule has 0 saturated heterocycles. The lowest BCUT2D eigenvalue weighted by Crippen LogP contribution is -2.40. The molecular formula is C39H66N2O4. The molecule has 45 heavy (non-hydrogen) atoms. The van der Waals surface area contributed by atoms with Gasteiger partial charge in [0.15, 0.2) is 0 Å². The summed E-state index contributed by atoms with van der Waals surface area (Å²) in [7, 11) is 0. The molecular weight excluding hydrogens is 560 g/mol. The first-order chi connectivity index (χ1) is 21.6. The highest BCUT2D eigenvalue weighted by atomic mass is 16.5. The van der Waals surface area contributed by atoms with Crippen LogP contribution in [-0.2, 0) is 20.7 Å². The van der Waals surface area contributed by atoms with Crippen LogP contribution in [0.2, 0.25) is 0 Å². The maximum Gasteiger partial charge on any atom is 0.220 e. The van der Waals surface area contributed by atoms with E-state index in [9.17, 15) is 14.7 Å². The zero-order valence-electron chi connectivity index (χ0n) is 29.1. The van der Waals surface area contributed by atoms with Crippen molar-refractivity contribution in [3.63, 3.8) is 0 Å². The molecule has 0 spiro atoms. The zero-order valence-corrected chi connectivity index (χ0v) is 29.1. The van der Waals surface area contributed by atoms with Gasteiger partial charge in [0.25, 0.3) is 0 Å². The summed E-state index contributed by atoms with van der Waals surface area (Å²) in [6.45, 7) is 12.6. The minimum Gasteiger partial charge on any atom is -0.513 e. The summed E-state index contributed by atoms with van der Waals surface area (Å²) in [5, 5.41) is 12.6. The Balaban J connectivity index is 2.01. The van der Waals surface area contributed by atoms with E-state index < -0.39 is 0 Å². The fourth-order valence-electron chi connectivity index (χ4n) is 7.65. The molecule has 4 N–H and O–H groups in total. The van der Waals surface area contributed by atoms with Crippen LogP contribution in [0.25, 0.3) is 0 Å². The second-order valence-electron chi connectivity index (χ2n) is 14.1. The van der Waals surface area contributed by atoms with Gasteiger partial charge in [0, 0.05) is 31.4 Å². The molecule has 0 heterocycles. The summed E-state index contributed by atoms with van der Waals surface area (Å²) in [6, 6.07) is 10.9. The second-order valence-corrected chi connectivity index (χ2v) is 14.1. The van der Waals surface area contributed by atoms with E-state index in [1.54, 1.807) is 0 Å². The van der Waals surface area contributed by atoms with Gasteiger partial charge in [-0.1, -0.05) is 75.9 Å². The molecule has 2 rings (SSSR count). The Morgan fingerprint density at radius 2 is 1.64 bits per heavy atom. The summed E-state index contributed by atoms with van der Waals surface area (Å²) in [6.07, 6.45) is 17.0. The van der Waals surface area contributed by atoms with Crippen molar-refractivity contribution in [1.82, 2.24) is 5.32 Å². The van der Waals surface area contributed by atoms with Gasteiger partial charge in [-0.2, -0.15) is 0 Å². The van der Waals surface area contributed by atoms with Gasteiger partial charge in [-0.15, -0.1) is 0 Å². The third kappa shape index (κ3) is 16.2. The fourth-order valence-corrected chi connectivity index (χ4v) is 7.65. The third-order valence-corrected chi connectivity index (χ3v) is 9.99. The van der Waals surface area contributed by atoms with E-state index in [4.69, 9.17) is 10.5 Å². The molecule has 0 aromatic heterocycles. The minimum absolute atomic E-state index is 0.0444. The quantitative estimate of drug-likeness (QED) is 0.0787. The SMILES string of the molecule is C=C(O)CCCC(CCCC(CCC1CC(CCc2ccccc2)C(CCCCC)CC1C(N)=O)OCC)CC(=O)NC(C)C. The van der Waals surface area contributed by atoms with Gasteiger partial charge in [0.05, 0.1) is 11.9 Å². The highest BCUT2D eigenvalue weighted by molar-refractivity contribution is 5.77. The van der Waals surface area contributed by atoms with Crippen LogP contribution in [-0.4, -0.2) is 35.7 Å². The molecule has 6 heteroatoms. The summed E-state index contributed by atoms with van der Waals surface area (Å²) < 4.78 is 6.24. The average Bonchev–Trinajstić information content (AvgIpc) is 2.99. The van der Waals surface area contributed by atoms with Crippen LogP contribution in [0.1, 0.15) is 136 Å². The Bertz CT molecular complexity index is 965. The Morgan fingerprint density at radius 1 is 0.933 bits per heavy atom. The highest BCUT2D eigenvalue weighted by Crippen LogP contribution is 2.44. The molecule has 2 amide bonds. The number of primary amides is 1. The molecule has 1 aliphatic rings. The first kappa shape index (κ1) is 38.8. The molecule has 1 aromatic rings. The minimum atomic E-state index is -0.122. The van der Waals surface area contributed by atoms with E-state index in [2.05, 4.69) is 56.1 Å². The molecule has 1 fully saturated rings. The fraction of sp³-hybridized carbons (Fsp3) is 0.744. The van der Waals surface area contributed by atoms with Crippen LogP contribution in [0.3, 0.4) is 0 Å². The monoisotopic (exact) mass is 627 g/mol. The van der Waals surface area contributed by atoms with Crippen molar-refractivity contribution in [3.8, 4) is 0 Å². The molecule has 0 aliphatic heterocycles. The topological polar surface area (TPSA) is 102 Å². The Labute approximate surface area is 275 Å². The van der Waals surface area contributed by atoms with E-state index in [1.807, 2.05) is 13.8 Å². The van der Waals surface area contributed by atoms with Crippen molar-refractivity contribution in [2.45, 2.75) is 149 Å². The van der Waals surface area contributed by atoms with E-state index in [0.717, 1.165) is 64.2 Å². The molecule has 1 aromatic carbocycles. The van der Waals surface area contributed by atoms with Crippen molar-refractivity contribution in [3.05, 3.63) is 48.2 Å². The molecule has 6 atom stereocenters. The number of hydrogen-bond donors (Lipinski definition) is 3. The number of nitrogens with two attached hydrogens (primary N) is 1. The number of carbonyl (C=O) groups is 2. The highest BCUT2D eigenvalue weighted by Gasteiger charge is 2.39. The number of unbranched alkanes of at least 4 members (excludes halogenated alkanes) is 2. The predicted octanol–water partition coefficient (Wildman–Crippen LogP) is 9.07. The van der Waals surface area contributed by atoms with Crippen LogP contribution in [0, 0.1) is 29.6 Å². The van der Waals surface area contributed by atoms with Gasteiger partial charge >= 0.3 is 0 Å². The number of nitrogens with one attached hydrogen (secondary N) is 1. The van der Waals surface area contributed by atoms with E-state index in [0.29, 0.717) is 37.2 Å². The Morgan fingerprint density at radius 3 is 2.29 bits per heavy atom. The lowest BCUT2D eigenvalue weighted by Gasteiger charge is -2.41. The number of benzene rings is 1. The lowest BCUT2D eigenvalue weighted by atomic mass is 9.64. The molecule has 6 nitrogen and oxygen atoms in total. The molecule has 1 aliphatic carbocycles. The third-order valence-electron chi connectivity index (χ3n) is 9.99. The standard InChI is InChI=1S/C39H66N2O4/c1-6-8-10-20-33-28-37(39(40)44)35(27-34(33)23-22-31-16-11-9-12-17-31)24-25-36(45-7-2)21-14-19-32(18-13-15-30(5)42)26-38(43)41-29(3)4/h9,11-12,16-17,29,32-37,42H,5-8,10,13-15,18-28H2,1-4H3,(H2,40,44)(H,41,43). The van der Waals surface area contributed by atoms with Gasteiger partial charge in [0.2, 0.25) is 11.8 Å². The number of aryl methyl sites for hydroxylation is 1. The molecule has 256 valence electrons. The van der Waals surface area contributed by atoms with Crippen LogP contribution in [0.5, 0.6) is 0 Å². The number of amides is 2. The number of rotatable bonds is 24. The Kier molecular flexibility index (Phi) is 19.2. The smallest absolute Gasteiger partial charge is 0.220 e. The summed E-state index contributed by atoms with van der Waals surface area (Å²) >= 11 is 0. The summed E-state index contributed by atoms with van der Waals surface area (Å²) in [4.78, 5) is 25.3. The van der Waals surface area contributed by atoms with Crippen molar-refractivity contribution in [1.29, 1.82) is 0 Å².